The molecule has 2 rings (SSSR count). The summed E-state index contributed by atoms with van der Waals surface area (Å²) in [5, 5.41) is 0. The first-order valence-corrected chi connectivity index (χ1v) is 5.73. The molecule has 0 aliphatic rings. The number of fused-ring (bicyclic) bond motifs is 1. The van der Waals surface area contributed by atoms with Gasteiger partial charge in [0.15, 0.2) is 11.2 Å². The van der Waals surface area contributed by atoms with Gasteiger partial charge in [0.05, 0.1) is 12.9 Å². The maximum absolute atomic E-state index is 12.1. The summed E-state index contributed by atoms with van der Waals surface area (Å²) in [5.41, 5.74) is -0.492. The van der Waals surface area contributed by atoms with Crippen LogP contribution >= 0.6 is 0 Å². The molecule has 0 saturated heterocycles. The van der Waals surface area contributed by atoms with E-state index in [4.69, 9.17) is 4.74 Å². The number of ether oxygens (including phenoxy) is 1. The van der Waals surface area contributed by atoms with Crippen LogP contribution in [0.3, 0.4) is 0 Å². The molecule has 0 spiro atoms. The van der Waals surface area contributed by atoms with Crippen LogP contribution in [-0.2, 0) is 30.2 Å². The first kappa shape index (κ1) is 13.1. The van der Waals surface area contributed by atoms with Crippen LogP contribution in [0.4, 0.5) is 0 Å². The second-order valence-corrected chi connectivity index (χ2v) is 4.06. The largest absolute Gasteiger partial charge is 0.465 e. The summed E-state index contributed by atoms with van der Waals surface area (Å²) in [6, 6.07) is 0. The maximum atomic E-state index is 12.1. The van der Waals surface area contributed by atoms with E-state index < -0.39 is 17.2 Å². The summed E-state index contributed by atoms with van der Waals surface area (Å²) in [7, 11) is 2.90. The summed E-state index contributed by atoms with van der Waals surface area (Å²) in [6.45, 7) is 1.85. The van der Waals surface area contributed by atoms with E-state index in [1.165, 1.54) is 29.6 Å². The summed E-state index contributed by atoms with van der Waals surface area (Å²) in [6.07, 6.45) is 1.35. The molecule has 0 amide bonds. The summed E-state index contributed by atoms with van der Waals surface area (Å²) in [5.74, 6) is -0.460. The third kappa shape index (κ3) is 2.05. The molecule has 0 atom stereocenters. The van der Waals surface area contributed by atoms with Crippen molar-refractivity contribution in [3.63, 3.8) is 0 Å². The number of hydrogen-bond acceptors (Lipinski definition) is 5. The fourth-order valence-electron chi connectivity index (χ4n) is 1.86. The lowest BCUT2D eigenvalue weighted by Gasteiger charge is -2.06. The van der Waals surface area contributed by atoms with Crippen molar-refractivity contribution in [1.82, 2.24) is 18.7 Å². The van der Waals surface area contributed by atoms with Crippen LogP contribution < -0.4 is 11.2 Å². The number of carbonyl (C=O) groups is 1. The fourth-order valence-corrected chi connectivity index (χ4v) is 1.86. The van der Waals surface area contributed by atoms with E-state index in [-0.39, 0.29) is 24.3 Å². The van der Waals surface area contributed by atoms with Crippen molar-refractivity contribution in [2.24, 2.45) is 14.1 Å². The van der Waals surface area contributed by atoms with Gasteiger partial charge < -0.3 is 9.30 Å². The number of hydrogen-bond donors (Lipinski definition) is 0. The van der Waals surface area contributed by atoms with Crippen molar-refractivity contribution in [1.29, 1.82) is 0 Å². The zero-order chi connectivity index (χ0) is 14.2. The molecule has 0 saturated carbocycles. The van der Waals surface area contributed by atoms with E-state index in [0.29, 0.717) is 0 Å². The van der Waals surface area contributed by atoms with Crippen molar-refractivity contribution in [3.8, 4) is 0 Å². The number of imidazole rings is 1. The molecule has 2 aromatic heterocycles. The lowest BCUT2D eigenvalue weighted by Crippen LogP contribution is -2.37. The molecule has 0 N–H and O–H groups in total. The van der Waals surface area contributed by atoms with Gasteiger partial charge in [-0.05, 0) is 6.92 Å². The smallest absolute Gasteiger partial charge is 0.332 e. The Morgan fingerprint density at radius 2 is 2.00 bits per heavy atom. The van der Waals surface area contributed by atoms with E-state index in [9.17, 15) is 14.4 Å². The number of nitrogens with zero attached hydrogens (tertiary/aromatic N) is 4. The minimum atomic E-state index is -0.486. The van der Waals surface area contributed by atoms with E-state index in [2.05, 4.69) is 4.98 Å². The van der Waals surface area contributed by atoms with Gasteiger partial charge in [0, 0.05) is 14.1 Å². The van der Waals surface area contributed by atoms with Gasteiger partial charge in [-0.25, -0.2) is 9.78 Å². The first-order valence-electron chi connectivity index (χ1n) is 5.73. The predicted molar refractivity (Wildman–Crippen MR) is 66.8 cm³/mol. The van der Waals surface area contributed by atoms with Crippen molar-refractivity contribution in [3.05, 3.63) is 27.2 Å². The summed E-state index contributed by atoms with van der Waals surface area (Å²) < 4.78 is 8.45. The average Bonchev–Trinajstić information content (AvgIpc) is 2.78. The van der Waals surface area contributed by atoms with Gasteiger partial charge in [0.1, 0.15) is 6.54 Å². The van der Waals surface area contributed by atoms with Crippen LogP contribution in [0.15, 0.2) is 15.9 Å². The summed E-state index contributed by atoms with van der Waals surface area (Å²) in [4.78, 5) is 39.2. The standard InChI is InChI=1S/C11H14N4O4/c1-4-19-7(16)5-15-6-12-9-8(15)10(17)14(3)11(18)13(9)2/h6H,4-5H2,1-3H3. The fraction of sp³-hybridized carbons (Fsp3) is 0.455. The van der Waals surface area contributed by atoms with Crippen LogP contribution in [0.2, 0.25) is 0 Å². The van der Waals surface area contributed by atoms with Crippen molar-refractivity contribution in [2.75, 3.05) is 6.61 Å². The zero-order valence-electron chi connectivity index (χ0n) is 10.9. The van der Waals surface area contributed by atoms with Crippen LogP contribution in [0.25, 0.3) is 11.2 Å². The highest BCUT2D eigenvalue weighted by atomic mass is 16.5. The van der Waals surface area contributed by atoms with Gasteiger partial charge in [-0.15, -0.1) is 0 Å². The van der Waals surface area contributed by atoms with E-state index >= 15 is 0 Å². The Morgan fingerprint density at radius 1 is 1.32 bits per heavy atom. The molecule has 2 heterocycles. The molecule has 0 aliphatic carbocycles. The monoisotopic (exact) mass is 266 g/mol. The molecule has 2 aromatic rings. The molecule has 0 unspecified atom stereocenters. The highest BCUT2D eigenvalue weighted by molar-refractivity contribution is 5.75. The molecule has 0 radical (unpaired) electrons. The molecule has 0 aromatic carbocycles. The molecule has 8 nitrogen and oxygen atoms in total. The van der Waals surface area contributed by atoms with E-state index in [1.54, 1.807) is 6.92 Å². The van der Waals surface area contributed by atoms with Gasteiger partial charge in [0.25, 0.3) is 5.56 Å². The van der Waals surface area contributed by atoms with Gasteiger partial charge in [-0.2, -0.15) is 0 Å². The SMILES string of the molecule is CCOC(=O)Cn1cnc2c1c(=O)n(C)c(=O)n2C. The van der Waals surface area contributed by atoms with Crippen LogP contribution in [0.1, 0.15) is 6.92 Å². The highest BCUT2D eigenvalue weighted by Gasteiger charge is 2.15. The van der Waals surface area contributed by atoms with Gasteiger partial charge in [0.2, 0.25) is 0 Å². The average molecular weight is 266 g/mol. The Morgan fingerprint density at radius 3 is 2.63 bits per heavy atom. The third-order valence-electron chi connectivity index (χ3n) is 2.82. The molecule has 102 valence electrons. The van der Waals surface area contributed by atoms with Crippen molar-refractivity contribution < 1.29 is 9.53 Å². The van der Waals surface area contributed by atoms with Crippen molar-refractivity contribution >= 4 is 17.1 Å². The van der Waals surface area contributed by atoms with Crippen molar-refractivity contribution in [2.45, 2.75) is 13.5 Å². The Labute approximate surface area is 107 Å². The Bertz CT molecular complexity index is 752. The van der Waals surface area contributed by atoms with Gasteiger partial charge in [-0.1, -0.05) is 0 Å². The minimum Gasteiger partial charge on any atom is -0.465 e. The third-order valence-corrected chi connectivity index (χ3v) is 2.82. The van der Waals surface area contributed by atoms with E-state index in [0.717, 1.165) is 4.57 Å². The Kier molecular flexibility index (Phi) is 3.24. The molecule has 0 bridgehead atoms. The Hall–Kier alpha value is -2.38. The molecular formula is C11H14N4O4. The summed E-state index contributed by atoms with van der Waals surface area (Å²) >= 11 is 0. The topological polar surface area (TPSA) is 88.1 Å². The molecule has 19 heavy (non-hydrogen) atoms. The highest BCUT2D eigenvalue weighted by Crippen LogP contribution is 2.05. The Balaban J connectivity index is 2.64. The lowest BCUT2D eigenvalue weighted by molar-refractivity contribution is -0.143. The number of rotatable bonds is 3. The quantitative estimate of drug-likeness (QED) is 0.665. The first-order chi connectivity index (χ1) is 8.97. The van der Waals surface area contributed by atoms with E-state index in [1.807, 2.05) is 0 Å². The van der Waals surface area contributed by atoms with Gasteiger partial charge in [-0.3, -0.25) is 18.7 Å². The number of aryl methyl sites for hydroxylation is 1. The van der Waals surface area contributed by atoms with Crippen LogP contribution in [0.5, 0.6) is 0 Å². The predicted octanol–water partition coefficient (Wildman–Crippen LogP) is -1.00. The van der Waals surface area contributed by atoms with Crippen LogP contribution in [0, 0.1) is 0 Å². The normalized spacial score (nSPS) is 10.9. The second-order valence-electron chi connectivity index (χ2n) is 4.06. The minimum absolute atomic E-state index is 0.113. The molecular weight excluding hydrogens is 252 g/mol. The van der Waals surface area contributed by atoms with Gasteiger partial charge >= 0.3 is 11.7 Å². The molecule has 0 fully saturated rings. The number of esters is 1. The van der Waals surface area contributed by atoms with Crippen LogP contribution in [-0.4, -0.2) is 31.3 Å². The zero-order valence-corrected chi connectivity index (χ0v) is 10.9. The number of carbonyl (C=O) groups excluding carboxylic acids is 1. The maximum Gasteiger partial charge on any atom is 0.332 e. The molecule has 0 aliphatic heterocycles. The number of aromatic nitrogens is 4. The lowest BCUT2D eigenvalue weighted by atomic mass is 10.5. The second kappa shape index (κ2) is 4.71. The molecule has 8 heteroatoms.